The van der Waals surface area contributed by atoms with Crippen molar-refractivity contribution in [3.8, 4) is 10.6 Å². The molecule has 0 spiro atoms. The Bertz CT molecular complexity index is 450. The minimum atomic E-state index is 0.716. The van der Waals surface area contributed by atoms with Gasteiger partial charge in [-0.2, -0.15) is 0 Å². The van der Waals surface area contributed by atoms with Crippen LogP contribution in [0.5, 0.6) is 0 Å². The Morgan fingerprint density at radius 3 is 2.69 bits per heavy atom. The summed E-state index contributed by atoms with van der Waals surface area (Å²) in [5.74, 6) is 0. The summed E-state index contributed by atoms with van der Waals surface area (Å²) in [6, 6.07) is 7.76. The lowest BCUT2D eigenvalue weighted by molar-refractivity contribution is 0.816. The molecule has 0 aliphatic carbocycles. The van der Waals surface area contributed by atoms with E-state index in [1.165, 1.54) is 0 Å². The number of nitrogens with zero attached hydrogens (tertiary/aromatic N) is 1. The predicted molar refractivity (Wildman–Crippen MR) is 69.9 cm³/mol. The molecule has 0 saturated carbocycles. The molecule has 2 aromatic rings. The normalized spacial score (nSPS) is 10.6. The van der Waals surface area contributed by atoms with Crippen LogP contribution in [0.15, 0.2) is 29.6 Å². The van der Waals surface area contributed by atoms with Crippen molar-refractivity contribution in [3.05, 3.63) is 40.4 Å². The van der Waals surface area contributed by atoms with E-state index in [9.17, 15) is 0 Å². The van der Waals surface area contributed by atoms with Crippen molar-refractivity contribution in [1.82, 2.24) is 4.98 Å². The smallest absolute Gasteiger partial charge is 0.123 e. The molecule has 1 aromatic carbocycles. The fourth-order valence-electron chi connectivity index (χ4n) is 1.43. The largest absolute Gasteiger partial charge is 0.330 e. The Kier molecular flexibility index (Phi) is 3.93. The quantitative estimate of drug-likeness (QED) is 0.906. The molecule has 0 fully saturated rings. The van der Waals surface area contributed by atoms with E-state index in [4.69, 9.17) is 17.3 Å². The van der Waals surface area contributed by atoms with Crippen LogP contribution in [0.4, 0.5) is 0 Å². The second-order valence-electron chi connectivity index (χ2n) is 3.54. The number of thiazole rings is 1. The van der Waals surface area contributed by atoms with Crippen LogP contribution in [0.25, 0.3) is 10.6 Å². The fraction of sp³-hybridized carbons (Fsp3) is 0.250. The molecular weight excluding hydrogens is 240 g/mol. The van der Waals surface area contributed by atoms with Crippen LogP contribution in [0, 0.1) is 0 Å². The molecule has 2 rings (SSSR count). The van der Waals surface area contributed by atoms with Crippen LogP contribution in [0.1, 0.15) is 12.1 Å². The van der Waals surface area contributed by atoms with Gasteiger partial charge in [0.25, 0.3) is 0 Å². The minimum Gasteiger partial charge on any atom is -0.330 e. The number of aromatic nitrogens is 1. The maximum Gasteiger partial charge on any atom is 0.123 e. The maximum atomic E-state index is 5.84. The van der Waals surface area contributed by atoms with E-state index in [1.807, 2.05) is 24.3 Å². The van der Waals surface area contributed by atoms with E-state index >= 15 is 0 Å². The van der Waals surface area contributed by atoms with E-state index in [2.05, 4.69) is 10.4 Å². The average molecular weight is 253 g/mol. The van der Waals surface area contributed by atoms with Gasteiger partial charge in [0.2, 0.25) is 0 Å². The number of hydrogen-bond donors (Lipinski definition) is 1. The van der Waals surface area contributed by atoms with Gasteiger partial charge in [-0.1, -0.05) is 23.7 Å². The highest BCUT2D eigenvalue weighted by atomic mass is 35.5. The van der Waals surface area contributed by atoms with Crippen molar-refractivity contribution in [1.29, 1.82) is 0 Å². The number of rotatable bonds is 4. The van der Waals surface area contributed by atoms with E-state index in [-0.39, 0.29) is 0 Å². The van der Waals surface area contributed by atoms with E-state index < -0.39 is 0 Å². The second-order valence-corrected chi connectivity index (χ2v) is 4.84. The van der Waals surface area contributed by atoms with Crippen molar-refractivity contribution in [2.24, 2.45) is 5.73 Å². The SMILES string of the molecule is NCCCc1csc(-c2ccc(Cl)cc2)n1. The van der Waals surface area contributed by atoms with Crippen LogP contribution in [-0.2, 0) is 6.42 Å². The number of benzene rings is 1. The molecule has 84 valence electrons. The highest BCUT2D eigenvalue weighted by molar-refractivity contribution is 7.13. The zero-order valence-electron chi connectivity index (χ0n) is 8.82. The third-order valence-corrected chi connectivity index (χ3v) is 3.47. The summed E-state index contributed by atoms with van der Waals surface area (Å²) in [6.45, 7) is 0.716. The van der Waals surface area contributed by atoms with Gasteiger partial charge in [-0.3, -0.25) is 0 Å². The third-order valence-electron chi connectivity index (χ3n) is 2.28. The lowest BCUT2D eigenvalue weighted by Crippen LogP contribution is -2.00. The van der Waals surface area contributed by atoms with Gasteiger partial charge in [0.05, 0.1) is 5.69 Å². The first kappa shape index (κ1) is 11.6. The van der Waals surface area contributed by atoms with Crippen molar-refractivity contribution < 1.29 is 0 Å². The van der Waals surface area contributed by atoms with Gasteiger partial charge in [0.1, 0.15) is 5.01 Å². The molecule has 0 aliphatic rings. The van der Waals surface area contributed by atoms with E-state index in [1.54, 1.807) is 11.3 Å². The summed E-state index contributed by atoms with van der Waals surface area (Å²) in [7, 11) is 0. The molecule has 0 saturated heterocycles. The summed E-state index contributed by atoms with van der Waals surface area (Å²) in [4.78, 5) is 4.57. The molecule has 1 heterocycles. The first-order valence-electron chi connectivity index (χ1n) is 5.20. The topological polar surface area (TPSA) is 38.9 Å². The van der Waals surface area contributed by atoms with Crippen molar-refractivity contribution in [3.63, 3.8) is 0 Å². The molecular formula is C12H13ClN2S. The summed E-state index contributed by atoms with van der Waals surface area (Å²) in [6.07, 6.45) is 1.95. The summed E-state index contributed by atoms with van der Waals surface area (Å²) >= 11 is 7.51. The minimum absolute atomic E-state index is 0.716. The van der Waals surface area contributed by atoms with Crippen LogP contribution >= 0.6 is 22.9 Å². The molecule has 0 bridgehead atoms. The number of aryl methyl sites for hydroxylation is 1. The van der Waals surface area contributed by atoms with Gasteiger partial charge < -0.3 is 5.73 Å². The van der Waals surface area contributed by atoms with E-state index in [0.717, 1.165) is 34.1 Å². The summed E-state index contributed by atoms with van der Waals surface area (Å²) in [5, 5.41) is 3.90. The van der Waals surface area contributed by atoms with E-state index in [0.29, 0.717) is 6.54 Å². The third kappa shape index (κ3) is 2.82. The Morgan fingerprint density at radius 2 is 2.00 bits per heavy atom. The van der Waals surface area contributed by atoms with Crippen LogP contribution in [0.2, 0.25) is 5.02 Å². The summed E-state index contributed by atoms with van der Waals surface area (Å²) < 4.78 is 0. The first-order valence-corrected chi connectivity index (χ1v) is 6.46. The van der Waals surface area contributed by atoms with Crippen molar-refractivity contribution >= 4 is 22.9 Å². The van der Waals surface area contributed by atoms with Gasteiger partial charge in [-0.05, 0) is 31.5 Å². The second kappa shape index (κ2) is 5.43. The summed E-state index contributed by atoms with van der Waals surface area (Å²) in [5.41, 5.74) is 7.72. The van der Waals surface area contributed by atoms with Gasteiger partial charge >= 0.3 is 0 Å². The zero-order chi connectivity index (χ0) is 11.4. The fourth-order valence-corrected chi connectivity index (χ4v) is 2.42. The molecule has 0 aliphatic heterocycles. The molecule has 0 radical (unpaired) electrons. The van der Waals surface area contributed by atoms with Gasteiger partial charge in [0, 0.05) is 16.0 Å². The van der Waals surface area contributed by atoms with Crippen molar-refractivity contribution in [2.75, 3.05) is 6.54 Å². The molecule has 2 nitrogen and oxygen atoms in total. The Labute approximate surface area is 104 Å². The number of hydrogen-bond acceptors (Lipinski definition) is 3. The number of nitrogens with two attached hydrogens (primary N) is 1. The monoisotopic (exact) mass is 252 g/mol. The lowest BCUT2D eigenvalue weighted by atomic mass is 10.2. The number of halogens is 1. The van der Waals surface area contributed by atoms with Crippen LogP contribution in [0.3, 0.4) is 0 Å². The van der Waals surface area contributed by atoms with Crippen molar-refractivity contribution in [2.45, 2.75) is 12.8 Å². The van der Waals surface area contributed by atoms with Gasteiger partial charge in [-0.25, -0.2) is 4.98 Å². The molecule has 0 atom stereocenters. The van der Waals surface area contributed by atoms with Crippen LogP contribution in [-0.4, -0.2) is 11.5 Å². The molecule has 0 amide bonds. The Balaban J connectivity index is 2.15. The maximum absolute atomic E-state index is 5.84. The zero-order valence-corrected chi connectivity index (χ0v) is 10.4. The Hall–Kier alpha value is -0.900. The highest BCUT2D eigenvalue weighted by Crippen LogP contribution is 2.25. The molecule has 16 heavy (non-hydrogen) atoms. The average Bonchev–Trinajstić information content (AvgIpc) is 2.76. The molecule has 2 N–H and O–H groups in total. The molecule has 0 unspecified atom stereocenters. The van der Waals surface area contributed by atoms with Gasteiger partial charge in [-0.15, -0.1) is 11.3 Å². The lowest BCUT2D eigenvalue weighted by Gasteiger charge is -1.96. The molecule has 1 aromatic heterocycles. The Morgan fingerprint density at radius 1 is 1.25 bits per heavy atom. The van der Waals surface area contributed by atoms with Gasteiger partial charge in [0.15, 0.2) is 0 Å². The van der Waals surface area contributed by atoms with Crippen LogP contribution < -0.4 is 5.73 Å². The first-order chi connectivity index (χ1) is 7.79. The standard InChI is InChI=1S/C12H13ClN2S/c13-10-5-3-9(4-6-10)12-15-11(8-16-12)2-1-7-14/h3-6,8H,1-2,7,14H2. The molecule has 4 heteroatoms. The predicted octanol–water partition coefficient (Wildman–Crippen LogP) is 3.35. The highest BCUT2D eigenvalue weighted by Gasteiger charge is 2.04.